The first-order valence-electron chi connectivity index (χ1n) is 9.11. The van der Waals surface area contributed by atoms with Crippen molar-refractivity contribution in [3.05, 3.63) is 90.8 Å². The molecule has 0 unspecified atom stereocenters. The zero-order chi connectivity index (χ0) is 18.8. The number of H-pyrrole nitrogens is 2. The van der Waals surface area contributed by atoms with E-state index in [2.05, 4.69) is 38.4 Å². The van der Waals surface area contributed by atoms with E-state index in [9.17, 15) is 0 Å². The van der Waals surface area contributed by atoms with Crippen LogP contribution in [-0.2, 0) is 6.61 Å². The Morgan fingerprint density at radius 1 is 0.821 bits per heavy atom. The van der Waals surface area contributed by atoms with E-state index in [-0.39, 0.29) is 0 Å². The molecule has 0 amide bonds. The molecule has 0 fully saturated rings. The van der Waals surface area contributed by atoms with Crippen molar-refractivity contribution in [2.45, 2.75) is 6.61 Å². The molecule has 0 radical (unpaired) electrons. The first kappa shape index (κ1) is 16.3. The van der Waals surface area contributed by atoms with Crippen molar-refractivity contribution < 1.29 is 4.74 Å². The lowest BCUT2D eigenvalue weighted by molar-refractivity contribution is 0.305. The van der Waals surface area contributed by atoms with Gasteiger partial charge in [-0.15, -0.1) is 0 Å². The summed E-state index contributed by atoms with van der Waals surface area (Å²) in [4.78, 5) is 7.72. The molecule has 5 rings (SSSR count). The van der Waals surface area contributed by atoms with Crippen LogP contribution in [-0.4, -0.2) is 20.2 Å². The van der Waals surface area contributed by atoms with Gasteiger partial charge in [0.25, 0.3) is 0 Å². The second kappa shape index (κ2) is 7.04. The maximum atomic E-state index is 5.88. The predicted octanol–water partition coefficient (Wildman–Crippen LogP) is 5.20. The fourth-order valence-electron chi connectivity index (χ4n) is 3.20. The second-order valence-corrected chi connectivity index (χ2v) is 6.62. The van der Waals surface area contributed by atoms with Gasteiger partial charge in [0.05, 0.1) is 23.3 Å². The summed E-state index contributed by atoms with van der Waals surface area (Å²) in [6.45, 7) is 0.507. The van der Waals surface area contributed by atoms with E-state index >= 15 is 0 Å². The van der Waals surface area contributed by atoms with Crippen LogP contribution in [0.1, 0.15) is 5.56 Å². The summed E-state index contributed by atoms with van der Waals surface area (Å²) in [5.74, 6) is 0.719. The minimum atomic E-state index is 0.507. The Hall–Kier alpha value is -3.86. The van der Waals surface area contributed by atoms with Crippen molar-refractivity contribution in [3.8, 4) is 28.4 Å². The van der Waals surface area contributed by atoms with Crippen molar-refractivity contribution in [2.75, 3.05) is 0 Å². The Labute approximate surface area is 162 Å². The standard InChI is InChI=1S/C23H18N4O/c1-2-6-16(7-3-1)15-28-19-10-18(13-24-14-19)21-12-23(27-26-21)22-11-17-8-4-5-9-20(17)25-22/h1-14,25H,15H2,(H,26,27). The van der Waals surface area contributed by atoms with Crippen LogP contribution in [0.2, 0.25) is 0 Å². The van der Waals surface area contributed by atoms with Gasteiger partial charge in [0.15, 0.2) is 0 Å². The Bertz CT molecular complexity index is 1190. The summed E-state index contributed by atoms with van der Waals surface area (Å²) >= 11 is 0. The van der Waals surface area contributed by atoms with Crippen LogP contribution < -0.4 is 4.74 Å². The summed E-state index contributed by atoms with van der Waals surface area (Å²) < 4.78 is 5.88. The van der Waals surface area contributed by atoms with Gasteiger partial charge in [-0.05, 0) is 29.8 Å². The molecule has 0 aliphatic carbocycles. The van der Waals surface area contributed by atoms with Gasteiger partial charge >= 0.3 is 0 Å². The van der Waals surface area contributed by atoms with E-state index in [1.165, 1.54) is 5.39 Å². The van der Waals surface area contributed by atoms with Crippen LogP contribution in [0.5, 0.6) is 5.75 Å². The molecule has 2 N–H and O–H groups in total. The van der Waals surface area contributed by atoms with Crippen LogP contribution in [0.4, 0.5) is 0 Å². The van der Waals surface area contributed by atoms with Crippen LogP contribution in [0.25, 0.3) is 33.5 Å². The molecule has 0 atom stereocenters. The third kappa shape index (κ3) is 3.25. The minimum absolute atomic E-state index is 0.507. The molecule has 0 aliphatic rings. The van der Waals surface area contributed by atoms with Crippen molar-refractivity contribution in [1.29, 1.82) is 0 Å². The lowest BCUT2D eigenvalue weighted by Gasteiger charge is -2.06. The highest BCUT2D eigenvalue weighted by Crippen LogP contribution is 2.27. The SMILES string of the molecule is c1ccc(COc2cncc(-c3cc(-c4cc5ccccc5[nH]4)[nH]n3)c2)cc1. The van der Waals surface area contributed by atoms with Crippen LogP contribution in [0.3, 0.4) is 0 Å². The molecular weight excluding hydrogens is 348 g/mol. The number of nitrogens with zero attached hydrogens (tertiary/aromatic N) is 2. The molecule has 5 heteroatoms. The molecule has 0 bridgehead atoms. The van der Waals surface area contributed by atoms with Crippen molar-refractivity contribution >= 4 is 10.9 Å². The van der Waals surface area contributed by atoms with Gasteiger partial charge in [0, 0.05) is 22.7 Å². The van der Waals surface area contributed by atoms with Gasteiger partial charge < -0.3 is 9.72 Å². The lowest BCUT2D eigenvalue weighted by atomic mass is 10.2. The fraction of sp³-hybridized carbons (Fsp3) is 0.0435. The Morgan fingerprint density at radius 3 is 2.57 bits per heavy atom. The Balaban J connectivity index is 1.38. The average Bonchev–Trinajstić information content (AvgIpc) is 3.40. The van der Waals surface area contributed by atoms with Crippen molar-refractivity contribution in [1.82, 2.24) is 20.2 Å². The van der Waals surface area contributed by atoms with E-state index in [0.717, 1.165) is 39.5 Å². The zero-order valence-electron chi connectivity index (χ0n) is 15.1. The summed E-state index contributed by atoms with van der Waals surface area (Å²) in [5.41, 5.74) is 5.89. The van der Waals surface area contributed by atoms with Crippen molar-refractivity contribution in [2.24, 2.45) is 0 Å². The van der Waals surface area contributed by atoms with Gasteiger partial charge in [-0.1, -0.05) is 48.5 Å². The number of hydrogen-bond acceptors (Lipinski definition) is 3. The number of aromatic nitrogens is 4. The molecule has 3 aromatic heterocycles. The summed E-state index contributed by atoms with van der Waals surface area (Å²) in [6.07, 6.45) is 3.51. The molecule has 2 aromatic carbocycles. The third-order valence-electron chi connectivity index (χ3n) is 4.66. The highest BCUT2D eigenvalue weighted by Gasteiger charge is 2.10. The van der Waals surface area contributed by atoms with E-state index in [0.29, 0.717) is 6.61 Å². The van der Waals surface area contributed by atoms with E-state index < -0.39 is 0 Å². The molecule has 0 aliphatic heterocycles. The summed E-state index contributed by atoms with van der Waals surface area (Å²) in [5, 5.41) is 8.73. The zero-order valence-corrected chi connectivity index (χ0v) is 15.1. The highest BCUT2D eigenvalue weighted by molar-refractivity contribution is 5.85. The fourth-order valence-corrected chi connectivity index (χ4v) is 3.20. The smallest absolute Gasteiger partial charge is 0.138 e. The topological polar surface area (TPSA) is 66.6 Å². The number of benzene rings is 2. The second-order valence-electron chi connectivity index (χ2n) is 6.62. The number of para-hydroxylation sites is 1. The quantitative estimate of drug-likeness (QED) is 0.449. The predicted molar refractivity (Wildman–Crippen MR) is 110 cm³/mol. The van der Waals surface area contributed by atoms with Crippen LogP contribution in [0, 0.1) is 0 Å². The maximum Gasteiger partial charge on any atom is 0.138 e. The maximum absolute atomic E-state index is 5.88. The minimum Gasteiger partial charge on any atom is -0.487 e. The first-order valence-corrected chi connectivity index (χ1v) is 9.11. The monoisotopic (exact) mass is 366 g/mol. The van der Waals surface area contributed by atoms with E-state index in [4.69, 9.17) is 4.74 Å². The van der Waals surface area contributed by atoms with Gasteiger partial charge in [-0.2, -0.15) is 5.10 Å². The van der Waals surface area contributed by atoms with E-state index in [1.54, 1.807) is 12.4 Å². The Kier molecular flexibility index (Phi) is 4.10. The highest BCUT2D eigenvalue weighted by atomic mass is 16.5. The molecule has 3 heterocycles. The van der Waals surface area contributed by atoms with Gasteiger partial charge in [0.1, 0.15) is 12.4 Å². The lowest BCUT2D eigenvalue weighted by Crippen LogP contribution is -1.95. The van der Waals surface area contributed by atoms with Gasteiger partial charge in [-0.25, -0.2) is 0 Å². The molecule has 5 nitrogen and oxygen atoms in total. The number of nitrogens with one attached hydrogen (secondary N) is 2. The molecule has 0 saturated carbocycles. The number of ether oxygens (including phenoxy) is 1. The van der Waals surface area contributed by atoms with Crippen molar-refractivity contribution in [3.63, 3.8) is 0 Å². The molecule has 0 saturated heterocycles. The molecular formula is C23H18N4O. The number of rotatable bonds is 5. The number of fused-ring (bicyclic) bond motifs is 1. The number of aromatic amines is 2. The van der Waals surface area contributed by atoms with E-state index in [1.807, 2.05) is 54.6 Å². The molecule has 136 valence electrons. The first-order chi connectivity index (χ1) is 13.8. The molecule has 0 spiro atoms. The number of pyridine rings is 1. The Morgan fingerprint density at radius 2 is 1.68 bits per heavy atom. The summed E-state index contributed by atoms with van der Waals surface area (Å²) in [7, 11) is 0. The molecule has 5 aromatic rings. The number of hydrogen-bond donors (Lipinski definition) is 2. The van der Waals surface area contributed by atoms with Crippen LogP contribution in [0.15, 0.2) is 85.2 Å². The largest absolute Gasteiger partial charge is 0.487 e. The summed E-state index contributed by atoms with van der Waals surface area (Å²) in [6, 6.07) is 24.4. The average molecular weight is 366 g/mol. The third-order valence-corrected chi connectivity index (χ3v) is 4.66. The van der Waals surface area contributed by atoms with Gasteiger partial charge in [0.2, 0.25) is 0 Å². The van der Waals surface area contributed by atoms with Crippen LogP contribution >= 0.6 is 0 Å². The van der Waals surface area contributed by atoms with Gasteiger partial charge in [-0.3, -0.25) is 10.1 Å². The molecule has 28 heavy (non-hydrogen) atoms. The normalized spacial score (nSPS) is 11.0.